The molecule has 212 valence electrons. The molecule has 3 aliphatic rings. The highest BCUT2D eigenvalue weighted by molar-refractivity contribution is 9.09. The van der Waals surface area contributed by atoms with Gasteiger partial charge in [0.1, 0.15) is 11.6 Å². The fraction of sp³-hybridized carbons (Fsp3) is 0.344. The van der Waals surface area contributed by atoms with Gasteiger partial charge in [0.15, 0.2) is 0 Å². The van der Waals surface area contributed by atoms with Crippen LogP contribution in [-0.4, -0.2) is 56.9 Å². The number of para-hydroxylation sites is 2. The van der Waals surface area contributed by atoms with E-state index in [9.17, 15) is 19.5 Å². The number of anilines is 2. The number of halogens is 1. The summed E-state index contributed by atoms with van der Waals surface area (Å²) in [5.74, 6) is -2.82. The van der Waals surface area contributed by atoms with Crippen LogP contribution in [-0.2, 0) is 19.1 Å². The summed E-state index contributed by atoms with van der Waals surface area (Å²) in [4.78, 5) is 43.8. The van der Waals surface area contributed by atoms with E-state index < -0.39 is 48.1 Å². The molecule has 3 fully saturated rings. The lowest BCUT2D eigenvalue weighted by Crippen LogP contribution is -2.55. The molecule has 2 bridgehead atoms. The number of carbonyl (C=O) groups is 3. The first-order valence-electron chi connectivity index (χ1n) is 13.8. The van der Waals surface area contributed by atoms with E-state index in [1.165, 1.54) is 4.90 Å². The number of nitrogens with one attached hydrogen (secondary N) is 2. The van der Waals surface area contributed by atoms with Crippen molar-refractivity contribution < 1.29 is 24.2 Å². The first-order valence-corrected chi connectivity index (χ1v) is 14.7. The Kier molecular flexibility index (Phi) is 7.21. The molecular formula is C32H32BrN3O5. The van der Waals surface area contributed by atoms with E-state index in [4.69, 9.17) is 4.74 Å². The molecule has 0 aliphatic carbocycles. The Morgan fingerprint density at radius 2 is 1.61 bits per heavy atom. The number of carbonyl (C=O) groups excluding carboxylic acids is 3. The normalized spacial score (nSPS) is 28.8. The summed E-state index contributed by atoms with van der Waals surface area (Å²) in [5.41, 5.74) is 2.51. The van der Waals surface area contributed by atoms with Crippen LogP contribution in [0, 0.1) is 25.7 Å². The van der Waals surface area contributed by atoms with Crippen molar-refractivity contribution in [3.63, 3.8) is 0 Å². The van der Waals surface area contributed by atoms with Gasteiger partial charge in [0.2, 0.25) is 17.7 Å². The zero-order valence-corrected chi connectivity index (χ0v) is 24.4. The molecule has 3 aromatic rings. The van der Waals surface area contributed by atoms with Gasteiger partial charge in [-0.05, 0) is 49.1 Å². The van der Waals surface area contributed by atoms with Crippen LogP contribution in [0.1, 0.15) is 29.2 Å². The Labute approximate surface area is 247 Å². The van der Waals surface area contributed by atoms with E-state index in [1.54, 1.807) is 12.1 Å². The largest absolute Gasteiger partial charge is 0.394 e. The number of aliphatic hydroxyl groups excluding tert-OH is 1. The van der Waals surface area contributed by atoms with Gasteiger partial charge in [-0.15, -0.1) is 0 Å². The summed E-state index contributed by atoms with van der Waals surface area (Å²) in [6.07, 6.45) is -0.216. The number of hydrogen-bond acceptors (Lipinski definition) is 5. The van der Waals surface area contributed by atoms with E-state index in [0.29, 0.717) is 23.4 Å². The maximum Gasteiger partial charge on any atom is 0.250 e. The lowest BCUT2D eigenvalue weighted by Gasteiger charge is -2.37. The number of ether oxygens (including phenoxy) is 1. The van der Waals surface area contributed by atoms with Gasteiger partial charge >= 0.3 is 0 Å². The minimum Gasteiger partial charge on any atom is -0.394 e. The van der Waals surface area contributed by atoms with E-state index >= 15 is 0 Å². The quantitative estimate of drug-likeness (QED) is 0.341. The summed E-state index contributed by atoms with van der Waals surface area (Å²) < 4.78 is 6.62. The van der Waals surface area contributed by atoms with Crippen LogP contribution in [0.4, 0.5) is 11.4 Å². The molecular weight excluding hydrogens is 586 g/mol. The molecule has 0 radical (unpaired) electrons. The molecule has 3 heterocycles. The third-order valence-corrected chi connectivity index (χ3v) is 9.59. The number of benzene rings is 3. The zero-order chi connectivity index (χ0) is 28.9. The molecule has 3 N–H and O–H groups in total. The van der Waals surface area contributed by atoms with Gasteiger partial charge in [-0.2, -0.15) is 0 Å². The Bertz CT molecular complexity index is 1460. The lowest BCUT2D eigenvalue weighted by atomic mass is 9.70. The van der Waals surface area contributed by atoms with E-state index in [2.05, 4.69) is 26.6 Å². The lowest BCUT2D eigenvalue weighted by molar-refractivity contribution is -0.143. The van der Waals surface area contributed by atoms with Crippen molar-refractivity contribution >= 4 is 45.0 Å². The number of alkyl halides is 1. The van der Waals surface area contributed by atoms with E-state index in [-0.39, 0.29) is 16.6 Å². The summed E-state index contributed by atoms with van der Waals surface area (Å²) in [5, 5.41) is 16.7. The average Bonchev–Trinajstić information content (AvgIpc) is 3.56. The van der Waals surface area contributed by atoms with Crippen LogP contribution in [0.5, 0.6) is 0 Å². The van der Waals surface area contributed by atoms with Gasteiger partial charge in [0.05, 0.1) is 30.6 Å². The van der Waals surface area contributed by atoms with Gasteiger partial charge in [0, 0.05) is 16.2 Å². The second kappa shape index (κ2) is 10.7. The fourth-order valence-corrected chi connectivity index (χ4v) is 7.92. The van der Waals surface area contributed by atoms with E-state index in [1.807, 2.05) is 80.6 Å². The van der Waals surface area contributed by atoms with Crippen LogP contribution in [0.15, 0.2) is 78.9 Å². The molecule has 3 aliphatic heterocycles. The molecule has 8 nitrogen and oxygen atoms in total. The van der Waals surface area contributed by atoms with Gasteiger partial charge in [0.25, 0.3) is 0 Å². The number of rotatable bonds is 7. The predicted octanol–water partition coefficient (Wildman–Crippen LogP) is 4.36. The van der Waals surface area contributed by atoms with Crippen LogP contribution in [0.25, 0.3) is 0 Å². The van der Waals surface area contributed by atoms with Gasteiger partial charge in [-0.1, -0.05) is 82.7 Å². The first kappa shape index (κ1) is 27.6. The Morgan fingerprint density at radius 3 is 2.24 bits per heavy atom. The summed E-state index contributed by atoms with van der Waals surface area (Å²) in [6, 6.07) is 22.1. The number of likely N-dealkylation sites (tertiary alicyclic amines) is 1. The number of aryl methyl sites for hydroxylation is 2. The Balaban J connectivity index is 1.44. The number of aliphatic hydroxyl groups is 1. The molecule has 9 heteroatoms. The highest BCUT2D eigenvalue weighted by Crippen LogP contribution is 2.61. The van der Waals surface area contributed by atoms with Crippen LogP contribution >= 0.6 is 15.9 Å². The van der Waals surface area contributed by atoms with Crippen LogP contribution in [0.3, 0.4) is 0 Å². The molecule has 1 spiro atoms. The van der Waals surface area contributed by atoms with Crippen molar-refractivity contribution in [1.29, 1.82) is 0 Å². The van der Waals surface area contributed by atoms with Crippen molar-refractivity contribution in [3.8, 4) is 0 Å². The Morgan fingerprint density at radius 1 is 0.976 bits per heavy atom. The third-order valence-electron chi connectivity index (χ3n) is 8.74. The average molecular weight is 619 g/mol. The first-order chi connectivity index (χ1) is 19.8. The standard InChI is InChI=1S/C32H32BrN3O5/c1-18-10-9-11-19(2)26(18)35-30(39)28-32-16-22(33)27(41-32)24(29(38)34-21-14-7-4-8-15-21)25(32)31(40)36(28)23(17-37)20-12-5-3-6-13-20/h3-15,22-25,27-28,37H,16-17H2,1-2H3,(H,34,38)(H,35,39)/t22?,23-,24+,25+,27+,28?,32?/m1/s1. The second-order valence-corrected chi connectivity index (χ2v) is 12.3. The Hall–Kier alpha value is -3.53. The molecule has 41 heavy (non-hydrogen) atoms. The van der Waals surface area contributed by atoms with Crippen LogP contribution in [0.2, 0.25) is 0 Å². The van der Waals surface area contributed by atoms with Gasteiger partial charge in [-0.25, -0.2) is 0 Å². The molecule has 3 saturated heterocycles. The molecule has 3 unspecified atom stereocenters. The number of hydrogen-bond donors (Lipinski definition) is 3. The molecule has 0 aromatic heterocycles. The minimum atomic E-state index is -1.25. The molecule has 3 aromatic carbocycles. The SMILES string of the molecule is Cc1cccc(C)c1NC(=O)C1N([C@H](CO)c2ccccc2)C(=O)[C@@H]2[C@H](C(=O)Nc3ccccc3)[C@H]3OC12CC3Br. The van der Waals surface area contributed by atoms with Crippen molar-refractivity contribution in [3.05, 3.63) is 95.6 Å². The van der Waals surface area contributed by atoms with Gasteiger partial charge in [-0.3, -0.25) is 14.4 Å². The maximum atomic E-state index is 14.5. The second-order valence-electron chi connectivity index (χ2n) is 11.1. The van der Waals surface area contributed by atoms with Crippen molar-refractivity contribution in [2.75, 3.05) is 17.2 Å². The smallest absolute Gasteiger partial charge is 0.250 e. The topological polar surface area (TPSA) is 108 Å². The molecule has 3 amide bonds. The zero-order valence-electron chi connectivity index (χ0n) is 22.8. The summed E-state index contributed by atoms with van der Waals surface area (Å²) in [7, 11) is 0. The van der Waals surface area contributed by atoms with Crippen molar-refractivity contribution in [1.82, 2.24) is 4.90 Å². The monoisotopic (exact) mass is 617 g/mol. The molecule has 7 atom stereocenters. The maximum absolute atomic E-state index is 14.5. The summed E-state index contributed by atoms with van der Waals surface area (Å²) in [6.45, 7) is 3.43. The third kappa shape index (κ3) is 4.47. The van der Waals surface area contributed by atoms with E-state index in [0.717, 1.165) is 11.1 Å². The molecule has 0 saturated carbocycles. The number of amides is 3. The van der Waals surface area contributed by atoms with Crippen molar-refractivity contribution in [2.24, 2.45) is 11.8 Å². The summed E-state index contributed by atoms with van der Waals surface area (Å²) >= 11 is 3.71. The predicted molar refractivity (Wildman–Crippen MR) is 158 cm³/mol. The van der Waals surface area contributed by atoms with Crippen molar-refractivity contribution in [2.45, 2.75) is 48.9 Å². The van der Waals surface area contributed by atoms with Crippen LogP contribution < -0.4 is 10.6 Å². The number of fused-ring (bicyclic) bond motifs is 1. The molecule has 6 rings (SSSR count). The fourth-order valence-electron chi connectivity index (χ4n) is 6.98. The minimum absolute atomic E-state index is 0.238. The number of nitrogens with zero attached hydrogens (tertiary/aromatic N) is 1. The highest BCUT2D eigenvalue weighted by atomic mass is 79.9. The highest BCUT2D eigenvalue weighted by Gasteiger charge is 2.77. The van der Waals surface area contributed by atoms with Gasteiger partial charge < -0.3 is 25.4 Å².